The van der Waals surface area contributed by atoms with E-state index in [1.54, 1.807) is 48.5 Å². The molecule has 2 N–H and O–H groups in total. The van der Waals surface area contributed by atoms with Gasteiger partial charge in [-0.1, -0.05) is 23.2 Å². The molecule has 0 saturated heterocycles. The molecular weight excluding hydrogens is 469 g/mol. The number of anilines is 1. The summed E-state index contributed by atoms with van der Waals surface area (Å²) in [5, 5.41) is 6.68. The van der Waals surface area contributed by atoms with Crippen LogP contribution in [0.15, 0.2) is 71.8 Å². The molecule has 0 atom stereocenters. The van der Waals surface area contributed by atoms with E-state index < -0.39 is 17.8 Å². The lowest BCUT2D eigenvalue weighted by Crippen LogP contribution is -2.32. The Labute approximate surface area is 199 Å². The Hall–Kier alpha value is -3.88. The van der Waals surface area contributed by atoms with Crippen molar-refractivity contribution in [2.75, 3.05) is 12.4 Å². The predicted octanol–water partition coefficient (Wildman–Crippen LogP) is 4.31. The zero-order chi connectivity index (χ0) is 23.8. The molecule has 10 heteroatoms. The summed E-state index contributed by atoms with van der Waals surface area (Å²) in [4.78, 5) is 36.0. The highest BCUT2D eigenvalue weighted by molar-refractivity contribution is 6.43. The van der Waals surface area contributed by atoms with E-state index in [1.165, 1.54) is 31.5 Å². The third-order valence-corrected chi connectivity index (χ3v) is 4.92. The summed E-state index contributed by atoms with van der Waals surface area (Å²) >= 11 is 11.7. The third kappa shape index (κ3) is 6.80. The third-order valence-electron chi connectivity index (χ3n) is 4.18. The van der Waals surface area contributed by atoms with Gasteiger partial charge in [0, 0.05) is 5.69 Å². The highest BCUT2D eigenvalue weighted by Crippen LogP contribution is 2.25. The molecule has 2 amide bonds. The van der Waals surface area contributed by atoms with Gasteiger partial charge in [-0.3, -0.25) is 9.59 Å². The van der Waals surface area contributed by atoms with Gasteiger partial charge in [0.05, 0.1) is 28.9 Å². The van der Waals surface area contributed by atoms with Crippen LogP contribution in [0.25, 0.3) is 0 Å². The summed E-state index contributed by atoms with van der Waals surface area (Å²) in [5.74, 6) is -1.44. The van der Waals surface area contributed by atoms with Crippen LogP contribution >= 0.6 is 23.2 Å². The number of amides is 2. The van der Waals surface area contributed by atoms with Crippen molar-refractivity contribution in [1.82, 2.24) is 5.43 Å². The predicted molar refractivity (Wildman–Crippen MR) is 125 cm³/mol. The SMILES string of the molecule is COc1ccc(C(=O)Oc2ccc(C=NNC(=O)C(=O)Nc3ccc(Cl)c(Cl)c3)cc2)cc1. The summed E-state index contributed by atoms with van der Waals surface area (Å²) in [5.41, 5.74) is 3.41. The van der Waals surface area contributed by atoms with E-state index >= 15 is 0 Å². The molecule has 0 radical (unpaired) electrons. The van der Waals surface area contributed by atoms with E-state index in [2.05, 4.69) is 15.8 Å². The zero-order valence-corrected chi connectivity index (χ0v) is 18.7. The lowest BCUT2D eigenvalue weighted by atomic mass is 10.2. The van der Waals surface area contributed by atoms with Gasteiger partial charge in [-0.25, -0.2) is 10.2 Å². The Bertz CT molecular complexity index is 1200. The molecule has 168 valence electrons. The lowest BCUT2D eigenvalue weighted by Gasteiger charge is -2.06. The maximum Gasteiger partial charge on any atom is 0.343 e. The fourth-order valence-corrected chi connectivity index (χ4v) is 2.79. The van der Waals surface area contributed by atoms with Crippen LogP contribution < -0.4 is 20.2 Å². The van der Waals surface area contributed by atoms with E-state index in [0.717, 1.165) is 0 Å². The van der Waals surface area contributed by atoms with E-state index in [-0.39, 0.29) is 5.02 Å². The van der Waals surface area contributed by atoms with Crippen LogP contribution in [0.2, 0.25) is 10.0 Å². The molecule has 0 aliphatic heterocycles. The summed E-state index contributed by atoms with van der Waals surface area (Å²) in [6.07, 6.45) is 1.33. The monoisotopic (exact) mass is 485 g/mol. The van der Waals surface area contributed by atoms with Crippen LogP contribution in [-0.4, -0.2) is 31.1 Å². The van der Waals surface area contributed by atoms with Crippen molar-refractivity contribution in [2.45, 2.75) is 0 Å². The number of benzene rings is 3. The Kier molecular flexibility index (Phi) is 8.01. The van der Waals surface area contributed by atoms with Gasteiger partial charge in [-0.05, 0) is 72.3 Å². The standard InChI is InChI=1S/C23H17Cl2N3O5/c1-32-17-9-4-15(5-10-17)23(31)33-18-7-2-14(3-8-18)13-26-28-22(30)21(29)27-16-6-11-19(24)20(25)12-16/h2-13H,1H3,(H,27,29)(H,28,30). The van der Waals surface area contributed by atoms with Crippen molar-refractivity contribution < 1.29 is 23.9 Å². The average Bonchev–Trinajstić information content (AvgIpc) is 2.82. The topological polar surface area (TPSA) is 106 Å². The molecule has 0 bridgehead atoms. The van der Waals surface area contributed by atoms with Crippen LogP contribution in [0.5, 0.6) is 11.5 Å². The molecule has 0 unspecified atom stereocenters. The first kappa shape index (κ1) is 23.8. The molecule has 3 aromatic carbocycles. The number of methoxy groups -OCH3 is 1. The van der Waals surface area contributed by atoms with Crippen molar-refractivity contribution in [2.24, 2.45) is 5.10 Å². The van der Waals surface area contributed by atoms with Gasteiger partial charge in [0.25, 0.3) is 0 Å². The Morgan fingerprint density at radius 1 is 0.848 bits per heavy atom. The molecule has 0 aliphatic rings. The highest BCUT2D eigenvalue weighted by atomic mass is 35.5. The summed E-state index contributed by atoms with van der Waals surface area (Å²) in [6, 6.07) is 17.3. The minimum absolute atomic E-state index is 0.242. The van der Waals surface area contributed by atoms with Gasteiger partial charge < -0.3 is 14.8 Å². The minimum atomic E-state index is -0.970. The molecule has 0 fully saturated rings. The van der Waals surface area contributed by atoms with Crippen LogP contribution in [0.4, 0.5) is 5.69 Å². The van der Waals surface area contributed by atoms with Crippen molar-refractivity contribution in [3.05, 3.63) is 87.9 Å². The van der Waals surface area contributed by atoms with Gasteiger partial charge in [0.2, 0.25) is 0 Å². The van der Waals surface area contributed by atoms with Crippen LogP contribution in [-0.2, 0) is 9.59 Å². The van der Waals surface area contributed by atoms with Gasteiger partial charge >= 0.3 is 17.8 Å². The van der Waals surface area contributed by atoms with Crippen molar-refractivity contribution in [1.29, 1.82) is 0 Å². The van der Waals surface area contributed by atoms with Gasteiger partial charge in [0.15, 0.2) is 0 Å². The van der Waals surface area contributed by atoms with E-state index in [4.69, 9.17) is 32.7 Å². The zero-order valence-electron chi connectivity index (χ0n) is 17.2. The normalized spacial score (nSPS) is 10.5. The molecule has 0 saturated carbocycles. The average molecular weight is 486 g/mol. The van der Waals surface area contributed by atoms with Gasteiger partial charge in [-0.15, -0.1) is 0 Å². The summed E-state index contributed by atoms with van der Waals surface area (Å²) in [7, 11) is 1.54. The number of ether oxygens (including phenoxy) is 2. The maximum atomic E-state index is 12.2. The second-order valence-electron chi connectivity index (χ2n) is 6.47. The Morgan fingerprint density at radius 2 is 1.52 bits per heavy atom. The van der Waals surface area contributed by atoms with Crippen molar-refractivity contribution in [3.8, 4) is 11.5 Å². The highest BCUT2D eigenvalue weighted by Gasteiger charge is 2.13. The lowest BCUT2D eigenvalue weighted by molar-refractivity contribution is -0.136. The number of nitrogens with zero attached hydrogens (tertiary/aromatic N) is 1. The van der Waals surface area contributed by atoms with Crippen molar-refractivity contribution in [3.63, 3.8) is 0 Å². The first-order valence-corrected chi connectivity index (χ1v) is 10.2. The quantitative estimate of drug-likeness (QED) is 0.178. The molecule has 3 aromatic rings. The number of esters is 1. The second kappa shape index (κ2) is 11.1. The maximum absolute atomic E-state index is 12.2. The number of hydrogen-bond acceptors (Lipinski definition) is 6. The number of carbonyl (C=O) groups is 3. The van der Waals surface area contributed by atoms with E-state index in [9.17, 15) is 14.4 Å². The van der Waals surface area contributed by atoms with Crippen LogP contribution in [0, 0.1) is 0 Å². The molecule has 3 rings (SSSR count). The number of carbonyl (C=O) groups excluding carboxylic acids is 3. The van der Waals surface area contributed by atoms with E-state index in [0.29, 0.717) is 33.3 Å². The molecular formula is C23H17Cl2N3O5. The first-order valence-electron chi connectivity index (χ1n) is 9.41. The Balaban J connectivity index is 1.50. The number of halogens is 2. The molecule has 0 aliphatic carbocycles. The minimum Gasteiger partial charge on any atom is -0.497 e. The molecule has 0 spiro atoms. The van der Waals surface area contributed by atoms with Crippen LogP contribution in [0.1, 0.15) is 15.9 Å². The van der Waals surface area contributed by atoms with E-state index in [1.807, 2.05) is 0 Å². The Morgan fingerprint density at radius 3 is 2.15 bits per heavy atom. The smallest absolute Gasteiger partial charge is 0.343 e. The van der Waals surface area contributed by atoms with Gasteiger partial charge in [-0.2, -0.15) is 5.10 Å². The fraction of sp³-hybridized carbons (Fsp3) is 0.0435. The summed E-state index contributed by atoms with van der Waals surface area (Å²) in [6.45, 7) is 0. The number of rotatable bonds is 6. The number of hydrazone groups is 1. The molecule has 0 heterocycles. The van der Waals surface area contributed by atoms with Crippen LogP contribution in [0.3, 0.4) is 0 Å². The number of hydrogen-bond donors (Lipinski definition) is 2. The molecule has 33 heavy (non-hydrogen) atoms. The number of nitrogens with one attached hydrogen (secondary N) is 2. The van der Waals surface area contributed by atoms with Crippen molar-refractivity contribution >= 4 is 52.9 Å². The second-order valence-corrected chi connectivity index (χ2v) is 7.28. The fourth-order valence-electron chi connectivity index (χ4n) is 2.49. The first-order chi connectivity index (χ1) is 15.9. The largest absolute Gasteiger partial charge is 0.497 e. The molecule has 0 aromatic heterocycles. The molecule has 8 nitrogen and oxygen atoms in total. The van der Waals surface area contributed by atoms with Gasteiger partial charge in [0.1, 0.15) is 11.5 Å². The summed E-state index contributed by atoms with van der Waals surface area (Å²) < 4.78 is 10.4.